The van der Waals surface area contributed by atoms with E-state index in [-0.39, 0.29) is 6.10 Å². The van der Waals surface area contributed by atoms with Gasteiger partial charge in [0.05, 0.1) is 13.3 Å². The van der Waals surface area contributed by atoms with Crippen LogP contribution >= 0.6 is 0 Å². The fraction of sp³-hybridized carbons (Fsp3) is 0.438. The molecule has 112 valence electrons. The summed E-state index contributed by atoms with van der Waals surface area (Å²) in [6.07, 6.45) is 3.06. The first kappa shape index (κ1) is 13.9. The molecule has 5 nitrogen and oxygen atoms in total. The van der Waals surface area contributed by atoms with Gasteiger partial charge in [0.1, 0.15) is 17.6 Å². The number of ether oxygens (including phenoxy) is 2. The van der Waals surface area contributed by atoms with Gasteiger partial charge in [-0.2, -0.15) is 5.10 Å². The van der Waals surface area contributed by atoms with E-state index in [0.717, 1.165) is 42.3 Å². The predicted molar refractivity (Wildman–Crippen MR) is 80.7 cm³/mol. The quantitative estimate of drug-likeness (QED) is 0.886. The highest BCUT2D eigenvalue weighted by molar-refractivity contribution is 5.48. The van der Waals surface area contributed by atoms with E-state index in [1.54, 1.807) is 7.11 Å². The van der Waals surface area contributed by atoms with Gasteiger partial charge in [-0.3, -0.25) is 5.10 Å². The van der Waals surface area contributed by atoms with Gasteiger partial charge in [0.25, 0.3) is 0 Å². The molecule has 2 aromatic rings. The lowest BCUT2D eigenvalue weighted by Gasteiger charge is -2.12. The summed E-state index contributed by atoms with van der Waals surface area (Å²) in [7, 11) is 1.71. The Labute approximate surface area is 124 Å². The van der Waals surface area contributed by atoms with Crippen LogP contribution in [0.2, 0.25) is 0 Å². The van der Waals surface area contributed by atoms with E-state index < -0.39 is 0 Å². The minimum absolute atomic E-state index is 0.251. The number of rotatable bonds is 5. The topological polar surface area (TPSA) is 59.2 Å². The smallest absolute Gasteiger partial charge is 0.123 e. The van der Waals surface area contributed by atoms with Crippen molar-refractivity contribution in [3.05, 3.63) is 40.7 Å². The number of benzene rings is 1. The van der Waals surface area contributed by atoms with Crippen molar-refractivity contribution < 1.29 is 9.47 Å². The number of H-pyrrole nitrogens is 1. The maximum absolute atomic E-state index is 5.82. The van der Waals surface area contributed by atoms with Gasteiger partial charge in [-0.1, -0.05) is 0 Å². The number of hydrogen-bond donors (Lipinski definition) is 2. The third kappa shape index (κ3) is 2.88. The molecular weight excluding hydrogens is 266 g/mol. The van der Waals surface area contributed by atoms with Gasteiger partial charge in [0.15, 0.2) is 0 Å². The Morgan fingerprint density at radius 1 is 1.38 bits per heavy atom. The van der Waals surface area contributed by atoms with Crippen molar-refractivity contribution in [2.24, 2.45) is 0 Å². The van der Waals surface area contributed by atoms with E-state index in [4.69, 9.17) is 9.47 Å². The number of nitrogens with one attached hydrogen (secondary N) is 2. The predicted octanol–water partition coefficient (Wildman–Crippen LogP) is 2.34. The molecule has 0 spiro atoms. The Bertz CT molecular complexity index is 636. The second-order valence-electron chi connectivity index (χ2n) is 5.53. The zero-order valence-corrected chi connectivity index (χ0v) is 12.7. The van der Waals surface area contributed by atoms with Crippen LogP contribution in [-0.2, 0) is 19.5 Å². The van der Waals surface area contributed by atoms with Gasteiger partial charge in [0, 0.05) is 41.9 Å². The van der Waals surface area contributed by atoms with Crippen molar-refractivity contribution in [3.8, 4) is 11.5 Å². The Kier molecular flexibility index (Phi) is 3.84. The molecule has 1 aromatic carbocycles. The maximum atomic E-state index is 5.82. The second kappa shape index (κ2) is 5.77. The van der Waals surface area contributed by atoms with Crippen molar-refractivity contribution in [2.75, 3.05) is 7.11 Å². The third-order valence-electron chi connectivity index (χ3n) is 3.86. The lowest BCUT2D eigenvalue weighted by molar-refractivity contribution is 0.254. The van der Waals surface area contributed by atoms with Crippen LogP contribution in [0.25, 0.3) is 0 Å². The first-order chi connectivity index (χ1) is 10.2. The standard InChI is InChI=1S/C16H21N3O2/c1-10-4-12-5-15(20-3)13(6-16(12)21-10)7-17-8-14-9-18-19-11(14)2/h5-6,9-10,17H,4,7-8H2,1-3H3,(H,18,19). The molecule has 2 N–H and O–H groups in total. The van der Waals surface area contributed by atoms with Crippen molar-refractivity contribution in [1.82, 2.24) is 15.5 Å². The van der Waals surface area contributed by atoms with Crippen molar-refractivity contribution in [2.45, 2.75) is 39.5 Å². The molecule has 2 heterocycles. The Morgan fingerprint density at radius 3 is 2.90 bits per heavy atom. The SMILES string of the molecule is COc1cc2c(cc1CNCc1cn[nH]c1C)OC(C)C2. The van der Waals surface area contributed by atoms with Crippen LogP contribution in [0.3, 0.4) is 0 Å². The number of aryl methyl sites for hydroxylation is 1. The van der Waals surface area contributed by atoms with Crippen molar-refractivity contribution in [1.29, 1.82) is 0 Å². The molecular formula is C16H21N3O2. The molecule has 1 aliphatic rings. The minimum atomic E-state index is 0.251. The van der Waals surface area contributed by atoms with Gasteiger partial charge in [-0.15, -0.1) is 0 Å². The zero-order valence-electron chi connectivity index (χ0n) is 12.7. The summed E-state index contributed by atoms with van der Waals surface area (Å²) in [5.74, 6) is 1.91. The van der Waals surface area contributed by atoms with Crippen molar-refractivity contribution >= 4 is 0 Å². The lowest BCUT2D eigenvalue weighted by atomic mass is 10.1. The summed E-state index contributed by atoms with van der Waals surface area (Å²) in [4.78, 5) is 0. The highest BCUT2D eigenvalue weighted by atomic mass is 16.5. The van der Waals surface area contributed by atoms with Gasteiger partial charge >= 0.3 is 0 Å². The van der Waals surface area contributed by atoms with E-state index >= 15 is 0 Å². The fourth-order valence-corrected chi connectivity index (χ4v) is 2.70. The number of hydrogen-bond acceptors (Lipinski definition) is 4. The molecule has 0 radical (unpaired) electrons. The second-order valence-corrected chi connectivity index (χ2v) is 5.53. The number of methoxy groups -OCH3 is 1. The number of fused-ring (bicyclic) bond motifs is 1. The van der Waals surface area contributed by atoms with Gasteiger partial charge in [-0.05, 0) is 26.0 Å². The van der Waals surface area contributed by atoms with Crippen LogP contribution in [0.1, 0.15) is 29.3 Å². The van der Waals surface area contributed by atoms with Crippen LogP contribution in [0.5, 0.6) is 11.5 Å². The maximum Gasteiger partial charge on any atom is 0.123 e. The van der Waals surface area contributed by atoms with E-state index in [2.05, 4.69) is 34.6 Å². The Morgan fingerprint density at radius 2 is 2.19 bits per heavy atom. The molecule has 1 aliphatic heterocycles. The zero-order chi connectivity index (χ0) is 14.8. The summed E-state index contributed by atoms with van der Waals surface area (Å²) >= 11 is 0. The van der Waals surface area contributed by atoms with Crippen LogP contribution in [0.15, 0.2) is 18.3 Å². The largest absolute Gasteiger partial charge is 0.496 e. The monoisotopic (exact) mass is 287 g/mol. The molecule has 1 unspecified atom stereocenters. The van der Waals surface area contributed by atoms with Crippen LogP contribution in [0.4, 0.5) is 0 Å². The minimum Gasteiger partial charge on any atom is -0.496 e. The Hall–Kier alpha value is -2.01. The average molecular weight is 287 g/mol. The summed E-state index contributed by atoms with van der Waals surface area (Å²) in [5.41, 5.74) is 4.63. The van der Waals surface area contributed by atoms with Gasteiger partial charge in [0.2, 0.25) is 0 Å². The fourth-order valence-electron chi connectivity index (χ4n) is 2.70. The third-order valence-corrected chi connectivity index (χ3v) is 3.86. The molecule has 0 amide bonds. The van der Waals surface area contributed by atoms with Crippen LogP contribution in [-0.4, -0.2) is 23.4 Å². The lowest BCUT2D eigenvalue weighted by Crippen LogP contribution is -2.13. The highest BCUT2D eigenvalue weighted by Crippen LogP contribution is 2.34. The molecule has 1 aromatic heterocycles. The summed E-state index contributed by atoms with van der Waals surface area (Å²) in [5, 5.41) is 10.4. The Balaban J connectivity index is 1.70. The summed E-state index contributed by atoms with van der Waals surface area (Å²) < 4.78 is 11.3. The summed E-state index contributed by atoms with van der Waals surface area (Å²) in [6.45, 7) is 5.62. The van der Waals surface area contributed by atoms with E-state index in [1.165, 1.54) is 11.1 Å². The van der Waals surface area contributed by atoms with Crippen LogP contribution in [0, 0.1) is 6.92 Å². The molecule has 3 rings (SSSR count). The van der Waals surface area contributed by atoms with Gasteiger partial charge < -0.3 is 14.8 Å². The molecule has 0 aliphatic carbocycles. The summed E-state index contributed by atoms with van der Waals surface area (Å²) in [6, 6.07) is 4.19. The molecule has 21 heavy (non-hydrogen) atoms. The molecule has 0 saturated heterocycles. The van der Waals surface area contributed by atoms with E-state index in [0.29, 0.717) is 0 Å². The molecule has 5 heteroatoms. The number of aromatic nitrogens is 2. The molecule has 0 saturated carbocycles. The number of nitrogens with zero attached hydrogens (tertiary/aromatic N) is 1. The first-order valence-corrected chi connectivity index (χ1v) is 7.23. The molecule has 0 fully saturated rings. The molecule has 1 atom stereocenters. The van der Waals surface area contributed by atoms with Crippen molar-refractivity contribution in [3.63, 3.8) is 0 Å². The highest BCUT2D eigenvalue weighted by Gasteiger charge is 2.21. The van der Waals surface area contributed by atoms with Gasteiger partial charge in [-0.25, -0.2) is 0 Å². The average Bonchev–Trinajstić information content (AvgIpc) is 3.02. The first-order valence-electron chi connectivity index (χ1n) is 7.23. The van der Waals surface area contributed by atoms with E-state index in [9.17, 15) is 0 Å². The van der Waals surface area contributed by atoms with E-state index in [1.807, 2.05) is 13.1 Å². The molecule has 0 bridgehead atoms. The number of aromatic amines is 1. The van der Waals surface area contributed by atoms with Crippen LogP contribution < -0.4 is 14.8 Å². The normalized spacial score (nSPS) is 16.6.